The molecule has 4 rings (SSSR count). The Kier molecular flexibility index (Phi) is 5.29. The van der Waals surface area contributed by atoms with Crippen LogP contribution in [0.2, 0.25) is 0 Å². The van der Waals surface area contributed by atoms with Crippen molar-refractivity contribution in [2.75, 3.05) is 31.6 Å². The first-order valence-electron chi connectivity index (χ1n) is 9.59. The molecule has 0 saturated carbocycles. The maximum Gasteiger partial charge on any atom is 0.328 e. The number of rotatable bonds is 5. The minimum Gasteiger partial charge on any atom is -0.390 e. The van der Waals surface area contributed by atoms with Crippen LogP contribution in [0.15, 0.2) is 48.1 Å². The molecular weight excluding hydrogens is 398 g/mol. The summed E-state index contributed by atoms with van der Waals surface area (Å²) in [5.41, 5.74) is 0.768. The largest absolute Gasteiger partial charge is 0.390 e. The number of nitrogens with one attached hydrogen (secondary N) is 3. The van der Waals surface area contributed by atoms with Crippen molar-refractivity contribution in [3.63, 3.8) is 0 Å². The number of pyridine rings is 1. The van der Waals surface area contributed by atoms with E-state index in [-0.39, 0.29) is 12.1 Å². The van der Waals surface area contributed by atoms with E-state index in [2.05, 4.69) is 25.8 Å². The first kappa shape index (κ1) is 20.1. The minimum atomic E-state index is -3.40. The summed E-state index contributed by atoms with van der Waals surface area (Å²) in [6.45, 7) is -0.893. The number of hydrogen-bond donors (Lipinski definition) is 4. The van der Waals surface area contributed by atoms with Gasteiger partial charge in [0, 0.05) is 19.3 Å². The lowest BCUT2D eigenvalue weighted by atomic mass is 10.1. The summed E-state index contributed by atoms with van der Waals surface area (Å²) < 4.78 is 26.5. The number of nitrogens with zero attached hydrogens (tertiary/aromatic N) is 3. The van der Waals surface area contributed by atoms with E-state index in [9.17, 15) is 18.4 Å². The molecule has 1 fully saturated rings. The maximum atomic E-state index is 13.2. The van der Waals surface area contributed by atoms with Crippen LogP contribution in [0.25, 0.3) is 0 Å². The molecule has 3 aliphatic rings. The second-order valence-corrected chi connectivity index (χ2v) is 7.35. The summed E-state index contributed by atoms with van der Waals surface area (Å²) in [7, 11) is 0. The Morgan fingerprint density at radius 3 is 2.93 bits per heavy atom. The third kappa shape index (κ3) is 3.92. The van der Waals surface area contributed by atoms with Gasteiger partial charge in [-0.15, -0.1) is 0 Å². The average Bonchev–Trinajstić information content (AvgIpc) is 3.16. The Bertz CT molecular complexity index is 892. The molecule has 1 saturated heterocycles. The molecule has 1 aromatic rings. The molecule has 3 aliphatic heterocycles. The predicted molar refractivity (Wildman–Crippen MR) is 103 cm³/mol. The Morgan fingerprint density at radius 2 is 2.20 bits per heavy atom. The minimum absolute atomic E-state index is 0.0890. The Morgan fingerprint density at radius 1 is 1.37 bits per heavy atom. The van der Waals surface area contributed by atoms with Gasteiger partial charge in [0.1, 0.15) is 24.3 Å². The third-order valence-corrected chi connectivity index (χ3v) is 5.25. The van der Waals surface area contributed by atoms with Gasteiger partial charge in [-0.2, -0.15) is 0 Å². The summed E-state index contributed by atoms with van der Waals surface area (Å²) in [5.74, 6) is -3.22. The van der Waals surface area contributed by atoms with E-state index in [1.807, 2.05) is 0 Å². The molecule has 4 heterocycles. The standard InChI is InChI=1S/C19H22F2N6O3/c20-19(21,11-28)10-23-17(29)13-4-5-14-16(24-13)27(12-6-8-26(14)9-12)18(30)25-15-3-1-2-7-22-15/h1-5,7,12-13,24,28H,6,8-11H2,(H,23,29)(H,22,25,30)/t12-,13?/m0/s1. The van der Waals surface area contributed by atoms with Crippen LogP contribution in [-0.4, -0.2) is 76.1 Å². The van der Waals surface area contributed by atoms with Crippen LogP contribution >= 0.6 is 0 Å². The third-order valence-electron chi connectivity index (χ3n) is 5.25. The fourth-order valence-corrected chi connectivity index (χ4v) is 3.75. The highest BCUT2D eigenvalue weighted by Gasteiger charge is 2.42. The summed E-state index contributed by atoms with van der Waals surface area (Å²) in [5, 5.41) is 16.5. The van der Waals surface area contributed by atoms with Gasteiger partial charge in [-0.05, 0) is 24.6 Å². The van der Waals surface area contributed by atoms with Crippen LogP contribution in [0.5, 0.6) is 0 Å². The van der Waals surface area contributed by atoms with Crippen molar-refractivity contribution in [1.82, 2.24) is 25.4 Å². The van der Waals surface area contributed by atoms with Crippen LogP contribution < -0.4 is 16.0 Å². The molecular formula is C19H22F2N6O3. The monoisotopic (exact) mass is 420 g/mol. The van der Waals surface area contributed by atoms with Crippen molar-refractivity contribution in [2.45, 2.75) is 24.4 Å². The van der Waals surface area contributed by atoms with Gasteiger partial charge < -0.3 is 20.6 Å². The van der Waals surface area contributed by atoms with E-state index in [4.69, 9.17) is 5.11 Å². The topological polar surface area (TPSA) is 110 Å². The van der Waals surface area contributed by atoms with Crippen LogP contribution in [0.4, 0.5) is 19.4 Å². The summed E-state index contributed by atoms with van der Waals surface area (Å²) in [4.78, 5) is 33.2. The number of amides is 3. The normalized spacial score (nSPS) is 22.5. The number of carbonyl (C=O) groups excluding carboxylic acids is 2. The highest BCUT2D eigenvalue weighted by molar-refractivity contribution is 5.91. The Hall–Kier alpha value is -3.21. The number of aliphatic hydroxyl groups is 1. The van der Waals surface area contributed by atoms with Gasteiger partial charge in [0.25, 0.3) is 5.92 Å². The number of carbonyl (C=O) groups is 2. The summed E-state index contributed by atoms with van der Waals surface area (Å²) in [6.07, 6.45) is 5.62. The lowest BCUT2D eigenvalue weighted by molar-refractivity contribution is -0.125. The molecule has 0 aliphatic carbocycles. The molecule has 160 valence electrons. The molecule has 2 atom stereocenters. The number of dihydropyridines is 1. The van der Waals surface area contributed by atoms with E-state index in [1.54, 1.807) is 41.4 Å². The number of aromatic nitrogens is 1. The summed E-state index contributed by atoms with van der Waals surface area (Å²) in [6, 6.07) is 3.76. The van der Waals surface area contributed by atoms with Gasteiger partial charge in [-0.25, -0.2) is 18.6 Å². The number of urea groups is 1. The number of alkyl halides is 2. The Balaban J connectivity index is 1.51. The van der Waals surface area contributed by atoms with E-state index in [0.29, 0.717) is 18.2 Å². The zero-order valence-electron chi connectivity index (χ0n) is 16.0. The smallest absolute Gasteiger partial charge is 0.328 e. The van der Waals surface area contributed by atoms with Gasteiger partial charge in [0.2, 0.25) is 5.91 Å². The number of anilines is 1. The first-order valence-corrected chi connectivity index (χ1v) is 9.59. The van der Waals surface area contributed by atoms with Crippen molar-refractivity contribution in [3.05, 3.63) is 48.1 Å². The fraction of sp³-hybridized carbons (Fsp3) is 0.421. The van der Waals surface area contributed by atoms with Gasteiger partial charge in [0.05, 0.1) is 18.3 Å². The molecule has 2 bridgehead atoms. The van der Waals surface area contributed by atoms with E-state index < -0.39 is 31.0 Å². The van der Waals surface area contributed by atoms with Crippen molar-refractivity contribution >= 4 is 17.8 Å². The zero-order chi connectivity index (χ0) is 21.3. The number of aliphatic hydroxyl groups excluding tert-OH is 1. The molecule has 1 aromatic heterocycles. The van der Waals surface area contributed by atoms with Gasteiger partial charge in [-0.1, -0.05) is 12.1 Å². The molecule has 1 unspecified atom stereocenters. The molecule has 0 aromatic carbocycles. The number of fused-ring (bicyclic) bond motifs is 3. The molecule has 3 amide bonds. The quantitative estimate of drug-likeness (QED) is 0.551. The lowest BCUT2D eigenvalue weighted by Gasteiger charge is -2.40. The van der Waals surface area contributed by atoms with Crippen LogP contribution in [-0.2, 0) is 4.79 Å². The van der Waals surface area contributed by atoms with Crippen molar-refractivity contribution in [3.8, 4) is 0 Å². The lowest BCUT2D eigenvalue weighted by Crippen LogP contribution is -2.56. The Labute approximate surface area is 171 Å². The summed E-state index contributed by atoms with van der Waals surface area (Å²) >= 11 is 0. The van der Waals surface area contributed by atoms with Crippen LogP contribution in [0, 0.1) is 0 Å². The number of allylic oxidation sites excluding steroid dienone is 1. The second kappa shape index (κ2) is 7.90. The van der Waals surface area contributed by atoms with E-state index in [0.717, 1.165) is 18.7 Å². The number of halogens is 2. The molecule has 0 spiro atoms. The molecule has 9 nitrogen and oxygen atoms in total. The van der Waals surface area contributed by atoms with Gasteiger partial charge in [0.15, 0.2) is 0 Å². The zero-order valence-corrected chi connectivity index (χ0v) is 16.0. The first-order chi connectivity index (χ1) is 14.4. The van der Waals surface area contributed by atoms with Crippen molar-refractivity contribution in [2.24, 2.45) is 0 Å². The van der Waals surface area contributed by atoms with Gasteiger partial charge in [-0.3, -0.25) is 15.0 Å². The second-order valence-electron chi connectivity index (χ2n) is 7.35. The average molecular weight is 420 g/mol. The highest BCUT2D eigenvalue weighted by Crippen LogP contribution is 2.33. The molecule has 0 radical (unpaired) electrons. The SMILES string of the molecule is O=C(NCC(F)(F)CO)C1C=CC2=C(N1)N(C(=O)Nc1ccccn1)[C@H]1CCN2C1. The highest BCUT2D eigenvalue weighted by atomic mass is 19.3. The number of hydrogen-bond acceptors (Lipinski definition) is 6. The molecule has 30 heavy (non-hydrogen) atoms. The van der Waals surface area contributed by atoms with E-state index in [1.165, 1.54) is 0 Å². The maximum absolute atomic E-state index is 13.2. The molecule has 4 N–H and O–H groups in total. The van der Waals surface area contributed by atoms with Crippen LogP contribution in [0.1, 0.15) is 6.42 Å². The fourth-order valence-electron chi connectivity index (χ4n) is 3.75. The van der Waals surface area contributed by atoms with Crippen molar-refractivity contribution in [1.29, 1.82) is 0 Å². The van der Waals surface area contributed by atoms with Crippen molar-refractivity contribution < 1.29 is 23.5 Å². The molecule has 11 heteroatoms. The van der Waals surface area contributed by atoms with Gasteiger partial charge >= 0.3 is 6.03 Å². The predicted octanol–water partition coefficient (Wildman–Crippen LogP) is 0.444. The van der Waals surface area contributed by atoms with Crippen LogP contribution in [0.3, 0.4) is 0 Å². The van der Waals surface area contributed by atoms with E-state index >= 15 is 0 Å².